The van der Waals surface area contributed by atoms with Gasteiger partial charge in [-0.25, -0.2) is 4.39 Å². The lowest BCUT2D eigenvalue weighted by Crippen LogP contribution is -2.24. The van der Waals surface area contributed by atoms with E-state index in [1.54, 1.807) is 39.8 Å². The smallest absolute Gasteiger partial charge is 0.255 e. The number of halogens is 1. The van der Waals surface area contributed by atoms with Gasteiger partial charge in [-0.15, -0.1) is 0 Å². The third kappa shape index (κ3) is 5.87. The number of nitrogens with zero attached hydrogens (tertiary/aromatic N) is 3. The molecule has 0 aliphatic heterocycles. The Hall–Kier alpha value is -4.24. The van der Waals surface area contributed by atoms with Crippen molar-refractivity contribution in [2.24, 2.45) is 0 Å². The van der Waals surface area contributed by atoms with Gasteiger partial charge < -0.3 is 14.8 Å². The van der Waals surface area contributed by atoms with Crippen molar-refractivity contribution in [3.63, 3.8) is 0 Å². The number of hydrogen-bond donors (Lipinski definition) is 1. The summed E-state index contributed by atoms with van der Waals surface area (Å²) in [7, 11) is 2.93. The lowest BCUT2D eigenvalue weighted by Gasteiger charge is -2.10. The molecule has 1 amide bonds. The quantitative estimate of drug-likeness (QED) is 0.494. The van der Waals surface area contributed by atoms with Gasteiger partial charge in [0.15, 0.2) is 11.6 Å². The van der Waals surface area contributed by atoms with Crippen molar-refractivity contribution in [3.05, 3.63) is 111 Å². The van der Waals surface area contributed by atoms with Gasteiger partial charge in [-0.2, -0.15) is 5.10 Å². The molecule has 0 fully saturated rings. The minimum atomic E-state index is -0.505. The van der Waals surface area contributed by atoms with Gasteiger partial charge in [0, 0.05) is 43.9 Å². The number of amides is 1. The number of methoxy groups -OCH3 is 2. The summed E-state index contributed by atoms with van der Waals surface area (Å²) in [4.78, 5) is 24.8. The standard InChI is InChI=1S/C27H27FN4O4/c1-35-18-23-22(27(34)29-14-21-6-5-7-24(36-2)26(21)28)17-32(30-23)16-20-11-9-19(10-12-20)15-31-13-4-3-8-25(31)33/h3-9,11-13,15,17H,10,14,16,18H2,1-2H3,(H,29,34). The van der Waals surface area contributed by atoms with E-state index in [9.17, 15) is 14.0 Å². The summed E-state index contributed by atoms with van der Waals surface area (Å²) in [5, 5.41) is 7.26. The van der Waals surface area contributed by atoms with E-state index in [4.69, 9.17) is 9.47 Å². The third-order valence-electron chi connectivity index (χ3n) is 5.68. The number of aromatic nitrogens is 3. The summed E-state index contributed by atoms with van der Waals surface area (Å²) in [6, 6.07) is 9.82. The van der Waals surface area contributed by atoms with E-state index < -0.39 is 5.82 Å². The van der Waals surface area contributed by atoms with Gasteiger partial charge in [0.2, 0.25) is 0 Å². The molecule has 0 radical (unpaired) electrons. The number of nitrogens with one attached hydrogen (secondary N) is 1. The molecule has 3 aromatic rings. The van der Waals surface area contributed by atoms with Crippen LogP contribution in [0, 0.1) is 5.82 Å². The molecule has 2 aromatic heterocycles. The molecule has 8 nitrogen and oxygen atoms in total. The summed E-state index contributed by atoms with van der Waals surface area (Å²) in [5.74, 6) is -0.755. The predicted octanol–water partition coefficient (Wildman–Crippen LogP) is 3.70. The van der Waals surface area contributed by atoms with Crippen LogP contribution in [0.2, 0.25) is 0 Å². The Kier molecular flexibility index (Phi) is 7.92. The topological polar surface area (TPSA) is 87.4 Å². The molecule has 0 atom stereocenters. The number of allylic oxidation sites excluding steroid dienone is 5. The average molecular weight is 491 g/mol. The molecule has 4 rings (SSSR count). The molecule has 1 aliphatic carbocycles. The largest absolute Gasteiger partial charge is 0.494 e. The van der Waals surface area contributed by atoms with Gasteiger partial charge >= 0.3 is 0 Å². The van der Waals surface area contributed by atoms with E-state index in [1.807, 2.05) is 24.4 Å². The monoisotopic (exact) mass is 490 g/mol. The Bertz CT molecular complexity index is 1400. The molecule has 0 saturated heterocycles. The van der Waals surface area contributed by atoms with Crippen molar-refractivity contribution < 1.29 is 18.7 Å². The fourth-order valence-corrected chi connectivity index (χ4v) is 3.82. The zero-order valence-electron chi connectivity index (χ0n) is 20.1. The second-order valence-electron chi connectivity index (χ2n) is 8.20. The van der Waals surface area contributed by atoms with Crippen molar-refractivity contribution in [3.8, 4) is 5.75 Å². The first-order chi connectivity index (χ1) is 17.5. The van der Waals surface area contributed by atoms with Crippen LogP contribution in [0.4, 0.5) is 4.39 Å². The van der Waals surface area contributed by atoms with Crippen LogP contribution in [0.1, 0.15) is 28.0 Å². The minimum absolute atomic E-state index is 0.00692. The Balaban J connectivity index is 1.44. The predicted molar refractivity (Wildman–Crippen MR) is 134 cm³/mol. The van der Waals surface area contributed by atoms with Crippen molar-refractivity contribution in [1.29, 1.82) is 0 Å². The zero-order valence-corrected chi connectivity index (χ0v) is 20.1. The molecular formula is C27H27FN4O4. The average Bonchev–Trinajstić information content (AvgIpc) is 3.28. The maximum atomic E-state index is 14.4. The highest BCUT2D eigenvalue weighted by molar-refractivity contribution is 5.95. The molecule has 9 heteroatoms. The zero-order chi connectivity index (χ0) is 25.5. The number of pyridine rings is 1. The van der Waals surface area contributed by atoms with Gasteiger partial charge in [0.05, 0.1) is 25.8 Å². The van der Waals surface area contributed by atoms with Crippen LogP contribution in [0.3, 0.4) is 0 Å². The van der Waals surface area contributed by atoms with E-state index in [0.717, 1.165) is 11.1 Å². The first-order valence-corrected chi connectivity index (χ1v) is 11.4. The molecule has 0 bridgehead atoms. The Morgan fingerprint density at radius 3 is 2.78 bits per heavy atom. The highest BCUT2D eigenvalue weighted by atomic mass is 19.1. The van der Waals surface area contributed by atoms with E-state index in [0.29, 0.717) is 29.8 Å². The molecule has 0 spiro atoms. The highest BCUT2D eigenvalue weighted by Gasteiger charge is 2.18. The number of carbonyl (C=O) groups excluding carboxylic acids is 1. The van der Waals surface area contributed by atoms with Crippen LogP contribution in [0.5, 0.6) is 5.75 Å². The Labute approximate surface area is 208 Å². The third-order valence-corrected chi connectivity index (χ3v) is 5.68. The lowest BCUT2D eigenvalue weighted by molar-refractivity contribution is 0.0945. The summed E-state index contributed by atoms with van der Waals surface area (Å²) < 4.78 is 27.9. The van der Waals surface area contributed by atoms with Crippen LogP contribution in [0.15, 0.2) is 83.0 Å². The Morgan fingerprint density at radius 1 is 1.19 bits per heavy atom. The second-order valence-corrected chi connectivity index (χ2v) is 8.20. The molecule has 0 saturated carbocycles. The van der Waals surface area contributed by atoms with Gasteiger partial charge in [-0.05, 0) is 29.7 Å². The number of hydrogen-bond acceptors (Lipinski definition) is 5. The van der Waals surface area contributed by atoms with Crippen LogP contribution in [0.25, 0.3) is 6.20 Å². The lowest BCUT2D eigenvalue weighted by atomic mass is 10.0. The van der Waals surface area contributed by atoms with Crippen molar-refractivity contribution in [2.45, 2.75) is 26.1 Å². The number of rotatable bonds is 9. The number of benzene rings is 1. The summed E-state index contributed by atoms with van der Waals surface area (Å²) in [6.45, 7) is 0.632. The van der Waals surface area contributed by atoms with Gasteiger partial charge in [-0.1, -0.05) is 36.4 Å². The number of ether oxygens (including phenoxy) is 2. The molecule has 1 aromatic carbocycles. The van der Waals surface area contributed by atoms with Gasteiger partial charge in [0.1, 0.15) is 5.69 Å². The fourth-order valence-electron chi connectivity index (χ4n) is 3.82. The minimum Gasteiger partial charge on any atom is -0.494 e. The fraction of sp³-hybridized carbons (Fsp3) is 0.222. The highest BCUT2D eigenvalue weighted by Crippen LogP contribution is 2.21. The molecule has 36 heavy (non-hydrogen) atoms. The maximum Gasteiger partial charge on any atom is 0.255 e. The first kappa shape index (κ1) is 24.9. The van der Waals surface area contributed by atoms with Gasteiger partial charge in [-0.3, -0.25) is 18.8 Å². The Morgan fingerprint density at radius 2 is 2.06 bits per heavy atom. The first-order valence-electron chi connectivity index (χ1n) is 11.4. The van der Waals surface area contributed by atoms with Crippen LogP contribution < -0.4 is 15.6 Å². The SMILES string of the molecule is COCc1nn(CC2=CCC(=Cn3ccccc3=O)C=C2)cc1C(=O)NCc1cccc(OC)c1F. The summed E-state index contributed by atoms with van der Waals surface area (Å²) in [5.41, 5.74) is 3.11. The van der Waals surface area contributed by atoms with Crippen LogP contribution in [-0.2, 0) is 24.4 Å². The van der Waals surface area contributed by atoms with Crippen molar-refractivity contribution in [1.82, 2.24) is 19.7 Å². The van der Waals surface area contributed by atoms with Crippen LogP contribution in [-0.4, -0.2) is 34.5 Å². The second kappa shape index (κ2) is 11.5. The molecule has 186 valence electrons. The van der Waals surface area contributed by atoms with E-state index in [1.165, 1.54) is 26.4 Å². The van der Waals surface area contributed by atoms with Crippen molar-refractivity contribution in [2.75, 3.05) is 14.2 Å². The van der Waals surface area contributed by atoms with E-state index in [-0.39, 0.29) is 30.4 Å². The van der Waals surface area contributed by atoms with Crippen molar-refractivity contribution >= 4 is 12.1 Å². The molecule has 2 heterocycles. The van der Waals surface area contributed by atoms with Crippen LogP contribution >= 0.6 is 0 Å². The van der Waals surface area contributed by atoms with E-state index >= 15 is 0 Å². The molecule has 1 aliphatic rings. The molecule has 1 N–H and O–H groups in total. The summed E-state index contributed by atoms with van der Waals surface area (Å²) in [6.07, 6.45) is 11.8. The molecule has 0 unspecified atom stereocenters. The number of carbonyl (C=O) groups is 1. The van der Waals surface area contributed by atoms with Gasteiger partial charge in [0.25, 0.3) is 11.5 Å². The molecular weight excluding hydrogens is 463 g/mol. The van der Waals surface area contributed by atoms with E-state index in [2.05, 4.69) is 16.5 Å². The maximum absolute atomic E-state index is 14.4. The summed E-state index contributed by atoms with van der Waals surface area (Å²) >= 11 is 0. The normalized spacial score (nSPS) is 14.1.